The van der Waals surface area contributed by atoms with Gasteiger partial charge >= 0.3 is 5.97 Å². The van der Waals surface area contributed by atoms with E-state index in [1.165, 1.54) is 25.3 Å². The number of hydrogen-bond donors (Lipinski definition) is 1. The molecule has 0 amide bonds. The van der Waals surface area contributed by atoms with E-state index in [1.54, 1.807) is 30.3 Å². The van der Waals surface area contributed by atoms with Gasteiger partial charge in [-0.1, -0.05) is 24.3 Å². The molecule has 0 saturated heterocycles. The molecule has 0 aliphatic carbocycles. The van der Waals surface area contributed by atoms with E-state index in [1.807, 2.05) is 13.8 Å². The third-order valence-corrected chi connectivity index (χ3v) is 4.34. The Bertz CT molecular complexity index is 915. The molecule has 0 spiro atoms. The minimum atomic E-state index is -0.573. The van der Waals surface area contributed by atoms with Gasteiger partial charge in [0.1, 0.15) is 5.82 Å². The lowest BCUT2D eigenvalue weighted by Crippen LogP contribution is -2.43. The highest BCUT2D eigenvalue weighted by molar-refractivity contribution is 6.14. The average Bonchev–Trinajstić information content (AvgIpc) is 2.61. The summed E-state index contributed by atoms with van der Waals surface area (Å²) in [6, 6.07) is 11.1. The molecule has 1 aliphatic rings. The van der Waals surface area contributed by atoms with Crippen LogP contribution in [0.2, 0.25) is 0 Å². The summed E-state index contributed by atoms with van der Waals surface area (Å²) in [4.78, 5) is 24.8. The van der Waals surface area contributed by atoms with Crippen molar-refractivity contribution in [3.63, 3.8) is 0 Å². The van der Waals surface area contributed by atoms with Crippen LogP contribution >= 0.6 is 0 Å². The Hall–Kier alpha value is -2.95. The molecule has 0 atom stereocenters. The van der Waals surface area contributed by atoms with Crippen LogP contribution in [0, 0.1) is 5.82 Å². The zero-order chi connectivity index (χ0) is 18.9. The Kier molecular flexibility index (Phi) is 4.64. The van der Waals surface area contributed by atoms with E-state index in [2.05, 4.69) is 5.32 Å². The quantitative estimate of drug-likeness (QED) is 0.519. The van der Waals surface area contributed by atoms with Crippen molar-refractivity contribution in [2.24, 2.45) is 0 Å². The number of allylic oxidation sites excluding steroid dienone is 1. The molecule has 1 N–H and O–H groups in total. The maximum Gasteiger partial charge on any atom is 0.338 e. The van der Waals surface area contributed by atoms with Crippen molar-refractivity contribution in [2.75, 3.05) is 7.11 Å². The molecule has 0 saturated carbocycles. The minimum absolute atomic E-state index is 0.200. The molecule has 0 bridgehead atoms. The van der Waals surface area contributed by atoms with Crippen LogP contribution in [0.4, 0.5) is 4.39 Å². The van der Waals surface area contributed by atoms with Crippen LogP contribution in [-0.4, -0.2) is 24.4 Å². The number of esters is 1. The highest BCUT2D eigenvalue weighted by Gasteiger charge is 2.28. The summed E-state index contributed by atoms with van der Waals surface area (Å²) in [6.07, 6.45) is 2.13. The van der Waals surface area contributed by atoms with E-state index in [0.29, 0.717) is 17.7 Å². The number of ketones is 1. The SMILES string of the molecule is COC(=O)c1ccccc1C(=O)C=C1NC(C)(C)Cc2ccc(F)cc21. The van der Waals surface area contributed by atoms with E-state index in [-0.39, 0.29) is 28.3 Å². The van der Waals surface area contributed by atoms with Crippen molar-refractivity contribution in [1.29, 1.82) is 0 Å². The standard InChI is InChI=1S/C21H20FNO3/c1-21(2)12-13-8-9-14(22)10-17(13)18(23-21)11-19(24)15-6-4-5-7-16(15)20(25)26-3/h4-11,23H,12H2,1-3H3. The van der Waals surface area contributed by atoms with Gasteiger partial charge in [0.15, 0.2) is 5.78 Å². The van der Waals surface area contributed by atoms with E-state index >= 15 is 0 Å². The molecule has 0 fully saturated rings. The van der Waals surface area contributed by atoms with Gasteiger partial charge in [-0.05, 0) is 44.0 Å². The maximum absolute atomic E-state index is 13.7. The lowest BCUT2D eigenvalue weighted by atomic mass is 9.85. The highest BCUT2D eigenvalue weighted by Crippen LogP contribution is 2.30. The number of carbonyl (C=O) groups excluding carboxylic acids is 2. The maximum atomic E-state index is 13.7. The molecule has 5 heteroatoms. The van der Waals surface area contributed by atoms with Gasteiger partial charge in [0.05, 0.1) is 12.7 Å². The number of fused-ring (bicyclic) bond motifs is 1. The predicted octanol–water partition coefficient (Wildman–Crippen LogP) is 3.76. The molecule has 26 heavy (non-hydrogen) atoms. The second-order valence-electron chi connectivity index (χ2n) is 6.95. The van der Waals surface area contributed by atoms with Gasteiger partial charge in [-0.25, -0.2) is 9.18 Å². The van der Waals surface area contributed by atoms with Crippen molar-refractivity contribution < 1.29 is 18.7 Å². The molecular formula is C21H20FNO3. The summed E-state index contributed by atoms with van der Waals surface area (Å²) in [5.74, 6) is -1.28. The Morgan fingerprint density at radius 1 is 1.15 bits per heavy atom. The molecule has 1 aliphatic heterocycles. The van der Waals surface area contributed by atoms with Gasteiger partial charge in [-0.3, -0.25) is 4.79 Å². The number of carbonyl (C=O) groups is 2. The van der Waals surface area contributed by atoms with E-state index in [4.69, 9.17) is 4.74 Å². The monoisotopic (exact) mass is 353 g/mol. The fourth-order valence-corrected chi connectivity index (χ4v) is 3.21. The topological polar surface area (TPSA) is 55.4 Å². The Morgan fingerprint density at radius 2 is 1.85 bits per heavy atom. The number of hydrogen-bond acceptors (Lipinski definition) is 4. The van der Waals surface area contributed by atoms with Gasteiger partial charge in [0.2, 0.25) is 0 Å². The third-order valence-electron chi connectivity index (χ3n) is 4.34. The van der Waals surface area contributed by atoms with Crippen LogP contribution in [0.1, 0.15) is 45.7 Å². The largest absolute Gasteiger partial charge is 0.465 e. The lowest BCUT2D eigenvalue weighted by molar-refractivity contribution is 0.0597. The van der Waals surface area contributed by atoms with Gasteiger partial charge in [-0.15, -0.1) is 0 Å². The summed E-state index contributed by atoms with van der Waals surface area (Å²) in [6.45, 7) is 4.03. The summed E-state index contributed by atoms with van der Waals surface area (Å²) in [7, 11) is 1.27. The van der Waals surface area contributed by atoms with Crippen molar-refractivity contribution in [1.82, 2.24) is 5.32 Å². The second-order valence-corrected chi connectivity index (χ2v) is 6.95. The Morgan fingerprint density at radius 3 is 2.54 bits per heavy atom. The molecule has 3 rings (SSSR count). The number of benzene rings is 2. The van der Waals surface area contributed by atoms with Crippen LogP contribution < -0.4 is 5.32 Å². The Labute approximate surface area is 151 Å². The lowest BCUT2D eigenvalue weighted by Gasteiger charge is -2.35. The second kappa shape index (κ2) is 6.75. The van der Waals surface area contributed by atoms with Crippen LogP contribution in [0.25, 0.3) is 5.70 Å². The first-order chi connectivity index (χ1) is 12.3. The first-order valence-corrected chi connectivity index (χ1v) is 8.31. The van der Waals surface area contributed by atoms with Crippen molar-refractivity contribution >= 4 is 17.4 Å². The molecular weight excluding hydrogens is 333 g/mol. The van der Waals surface area contributed by atoms with Crippen molar-refractivity contribution in [3.05, 3.63) is 76.6 Å². The van der Waals surface area contributed by atoms with E-state index in [9.17, 15) is 14.0 Å². The minimum Gasteiger partial charge on any atom is -0.465 e. The number of halogens is 1. The zero-order valence-corrected chi connectivity index (χ0v) is 14.9. The summed E-state index contributed by atoms with van der Waals surface area (Å²) < 4.78 is 18.5. The first kappa shape index (κ1) is 17.9. The average molecular weight is 353 g/mol. The molecule has 0 radical (unpaired) electrons. The molecule has 4 nitrogen and oxygen atoms in total. The van der Waals surface area contributed by atoms with E-state index < -0.39 is 5.97 Å². The van der Waals surface area contributed by atoms with Gasteiger partial charge in [0, 0.05) is 28.4 Å². The molecule has 134 valence electrons. The number of rotatable bonds is 3. The normalized spacial score (nSPS) is 16.5. The summed E-state index contributed by atoms with van der Waals surface area (Å²) >= 11 is 0. The van der Waals surface area contributed by atoms with Gasteiger partial charge in [-0.2, -0.15) is 0 Å². The van der Waals surface area contributed by atoms with Gasteiger partial charge in [0.25, 0.3) is 0 Å². The Balaban J connectivity index is 2.07. The zero-order valence-electron chi connectivity index (χ0n) is 14.9. The summed E-state index contributed by atoms with van der Waals surface area (Å²) in [5, 5.41) is 3.30. The fraction of sp³-hybridized carbons (Fsp3) is 0.238. The van der Waals surface area contributed by atoms with Crippen LogP contribution in [0.3, 0.4) is 0 Å². The molecule has 2 aromatic carbocycles. The molecule has 1 heterocycles. The van der Waals surface area contributed by atoms with Crippen LogP contribution in [0.15, 0.2) is 48.5 Å². The van der Waals surface area contributed by atoms with E-state index in [0.717, 1.165) is 5.56 Å². The number of ether oxygens (including phenoxy) is 1. The molecule has 2 aromatic rings. The third kappa shape index (κ3) is 3.52. The number of methoxy groups -OCH3 is 1. The van der Waals surface area contributed by atoms with Crippen molar-refractivity contribution in [3.8, 4) is 0 Å². The molecule has 0 unspecified atom stereocenters. The predicted molar refractivity (Wildman–Crippen MR) is 97.4 cm³/mol. The fourth-order valence-electron chi connectivity index (χ4n) is 3.21. The smallest absolute Gasteiger partial charge is 0.338 e. The van der Waals surface area contributed by atoms with Crippen LogP contribution in [-0.2, 0) is 11.2 Å². The first-order valence-electron chi connectivity index (χ1n) is 8.31. The molecule has 0 aromatic heterocycles. The van der Waals surface area contributed by atoms with Crippen molar-refractivity contribution in [2.45, 2.75) is 25.8 Å². The highest BCUT2D eigenvalue weighted by atomic mass is 19.1. The van der Waals surface area contributed by atoms with Crippen LogP contribution in [0.5, 0.6) is 0 Å². The number of nitrogens with one attached hydrogen (secondary N) is 1. The van der Waals surface area contributed by atoms with Gasteiger partial charge < -0.3 is 10.1 Å². The summed E-state index contributed by atoms with van der Waals surface area (Å²) in [5.41, 5.74) is 2.34.